The van der Waals surface area contributed by atoms with Crippen LogP contribution in [-0.4, -0.2) is 58.8 Å². The number of ether oxygens (including phenoxy) is 1. The van der Waals surface area contributed by atoms with Gasteiger partial charge in [-0.1, -0.05) is 12.1 Å². The Morgan fingerprint density at radius 3 is 2.25 bits per heavy atom. The van der Waals surface area contributed by atoms with Crippen molar-refractivity contribution in [2.24, 2.45) is 5.92 Å². The number of carbonyl (C=O) groups excluding carboxylic acids is 2. The maximum absolute atomic E-state index is 13.1. The van der Waals surface area contributed by atoms with Crippen LogP contribution in [0, 0.1) is 23.1 Å². The molecule has 2 fully saturated rings. The van der Waals surface area contributed by atoms with E-state index in [0.29, 0.717) is 60.8 Å². The molecule has 3 aromatic rings. The molecule has 0 spiro atoms. The maximum Gasteiger partial charge on any atom is 0.255 e. The highest BCUT2D eigenvalue weighted by molar-refractivity contribution is 5.97. The molecule has 1 aromatic heterocycles. The van der Waals surface area contributed by atoms with E-state index in [2.05, 4.69) is 16.0 Å². The van der Waals surface area contributed by atoms with Gasteiger partial charge in [-0.25, -0.2) is 4.39 Å². The highest BCUT2D eigenvalue weighted by Gasteiger charge is 2.26. The van der Waals surface area contributed by atoms with Crippen LogP contribution in [0.3, 0.4) is 0 Å². The summed E-state index contributed by atoms with van der Waals surface area (Å²) in [6.45, 7) is 3.85. The molecule has 0 radical (unpaired) electrons. The van der Waals surface area contributed by atoms with Crippen molar-refractivity contribution in [2.45, 2.75) is 44.8 Å². The van der Waals surface area contributed by atoms with Crippen molar-refractivity contribution in [3.63, 3.8) is 0 Å². The molecule has 0 saturated carbocycles. The first-order chi connectivity index (χ1) is 19.5. The first-order valence-electron chi connectivity index (χ1n) is 13.9. The van der Waals surface area contributed by atoms with Crippen molar-refractivity contribution in [3.8, 4) is 11.8 Å². The Kier molecular flexibility index (Phi) is 8.82. The number of pyridine rings is 1. The Hall–Kier alpha value is -4.09. The summed E-state index contributed by atoms with van der Waals surface area (Å²) in [6.07, 6.45) is 5.26. The number of carbonyl (C=O) groups is 2. The lowest BCUT2D eigenvalue weighted by Gasteiger charge is -2.32. The molecule has 7 nitrogen and oxygen atoms in total. The molecule has 5 rings (SSSR count). The number of hydrogen-bond donors (Lipinski definition) is 0. The lowest BCUT2D eigenvalue weighted by Crippen LogP contribution is -2.41. The number of aromatic nitrogens is 1. The van der Waals surface area contributed by atoms with Crippen LogP contribution >= 0.6 is 0 Å². The standard InChI is InChI=1S/C32H33FN4O3/c33-27-6-8-28(9-7-27)40-29-13-17-37(18-14-29)32(39)26-5-10-30(35-21-26)31(38)19-23-11-15-36(16-12-23)22-25-3-1-24(20-34)2-4-25/h1-10,21,23,29H,11-19,22H2. The number of Topliss-reactive ketones (excluding diaryl/α,β-unsaturated/α-hetero) is 1. The van der Waals surface area contributed by atoms with E-state index in [1.807, 2.05) is 24.3 Å². The van der Waals surface area contributed by atoms with Gasteiger partial charge in [-0.2, -0.15) is 5.26 Å². The van der Waals surface area contributed by atoms with Gasteiger partial charge in [-0.15, -0.1) is 0 Å². The van der Waals surface area contributed by atoms with Crippen LogP contribution in [0.15, 0.2) is 66.9 Å². The molecule has 206 valence electrons. The minimum absolute atomic E-state index is 0.0169. The number of likely N-dealkylation sites (tertiary alicyclic amines) is 2. The highest BCUT2D eigenvalue weighted by atomic mass is 19.1. The summed E-state index contributed by atoms with van der Waals surface area (Å²) in [4.78, 5) is 34.4. The molecule has 8 heteroatoms. The second kappa shape index (κ2) is 12.8. The van der Waals surface area contributed by atoms with Crippen molar-refractivity contribution in [2.75, 3.05) is 26.2 Å². The SMILES string of the molecule is N#Cc1ccc(CN2CCC(CC(=O)c3ccc(C(=O)N4CCC(Oc5ccc(F)cc5)CC4)cn3)CC2)cc1. The molecule has 2 aliphatic heterocycles. The minimum Gasteiger partial charge on any atom is -0.490 e. The van der Waals surface area contributed by atoms with Crippen LogP contribution in [0.2, 0.25) is 0 Å². The fourth-order valence-electron chi connectivity index (χ4n) is 5.41. The number of nitriles is 1. The molecular formula is C32H33FN4O3. The summed E-state index contributed by atoms with van der Waals surface area (Å²) >= 11 is 0. The molecule has 2 aliphatic rings. The highest BCUT2D eigenvalue weighted by Crippen LogP contribution is 2.24. The van der Waals surface area contributed by atoms with E-state index in [1.165, 1.54) is 23.9 Å². The van der Waals surface area contributed by atoms with Crippen LogP contribution in [0.1, 0.15) is 64.1 Å². The molecule has 40 heavy (non-hydrogen) atoms. The summed E-state index contributed by atoms with van der Waals surface area (Å²) in [5.74, 6) is 0.576. The molecule has 0 aliphatic carbocycles. The normalized spacial score (nSPS) is 16.9. The first-order valence-corrected chi connectivity index (χ1v) is 13.9. The summed E-state index contributed by atoms with van der Waals surface area (Å²) < 4.78 is 19.0. The average molecular weight is 541 g/mol. The van der Waals surface area contributed by atoms with Crippen LogP contribution in [0.4, 0.5) is 4.39 Å². The van der Waals surface area contributed by atoms with Crippen molar-refractivity contribution < 1.29 is 18.7 Å². The third kappa shape index (κ3) is 7.10. The van der Waals surface area contributed by atoms with E-state index >= 15 is 0 Å². The van der Waals surface area contributed by atoms with Crippen molar-refractivity contribution >= 4 is 11.7 Å². The number of ketones is 1. The summed E-state index contributed by atoms with van der Waals surface area (Å²) in [5, 5.41) is 8.96. The summed E-state index contributed by atoms with van der Waals surface area (Å²) in [6, 6.07) is 19.2. The van der Waals surface area contributed by atoms with E-state index in [1.54, 1.807) is 29.2 Å². The Morgan fingerprint density at radius 2 is 1.62 bits per heavy atom. The molecular weight excluding hydrogens is 507 g/mol. The van der Waals surface area contributed by atoms with Gasteiger partial charge >= 0.3 is 0 Å². The van der Waals surface area contributed by atoms with Gasteiger partial charge in [0.2, 0.25) is 0 Å². The molecule has 0 atom stereocenters. The predicted molar refractivity (Wildman–Crippen MR) is 148 cm³/mol. The molecule has 1 amide bonds. The van der Waals surface area contributed by atoms with E-state index in [0.717, 1.165) is 32.5 Å². The molecule has 2 aromatic carbocycles. The molecule has 0 unspecified atom stereocenters. The second-order valence-corrected chi connectivity index (χ2v) is 10.7. The van der Waals surface area contributed by atoms with Gasteiger partial charge in [0.05, 0.1) is 17.2 Å². The monoisotopic (exact) mass is 540 g/mol. The zero-order valence-corrected chi connectivity index (χ0v) is 22.5. The Labute approximate surface area is 234 Å². The van der Waals surface area contributed by atoms with E-state index in [9.17, 15) is 14.0 Å². The lowest BCUT2D eigenvalue weighted by molar-refractivity contribution is 0.0594. The summed E-state index contributed by atoms with van der Waals surface area (Å²) in [7, 11) is 0. The van der Waals surface area contributed by atoms with Crippen molar-refractivity contribution in [1.29, 1.82) is 5.26 Å². The zero-order chi connectivity index (χ0) is 27.9. The quantitative estimate of drug-likeness (QED) is 0.362. The number of halogens is 1. The number of hydrogen-bond acceptors (Lipinski definition) is 6. The van der Waals surface area contributed by atoms with Gasteiger partial charge in [0, 0.05) is 45.1 Å². The fourth-order valence-corrected chi connectivity index (χ4v) is 5.41. The summed E-state index contributed by atoms with van der Waals surface area (Å²) in [5.41, 5.74) is 2.74. The Bertz CT molecular complexity index is 1340. The smallest absolute Gasteiger partial charge is 0.255 e. The van der Waals surface area contributed by atoms with Crippen molar-refractivity contribution in [3.05, 3.63) is 95.1 Å². The van der Waals surface area contributed by atoms with Gasteiger partial charge < -0.3 is 9.64 Å². The average Bonchev–Trinajstić information content (AvgIpc) is 3.00. The first kappa shape index (κ1) is 27.5. The van der Waals surface area contributed by atoms with E-state index < -0.39 is 0 Å². The maximum atomic E-state index is 13.1. The van der Waals surface area contributed by atoms with Crippen LogP contribution < -0.4 is 4.74 Å². The Morgan fingerprint density at radius 1 is 0.925 bits per heavy atom. The van der Waals surface area contributed by atoms with Gasteiger partial charge in [0.25, 0.3) is 5.91 Å². The van der Waals surface area contributed by atoms with Gasteiger partial charge in [-0.3, -0.25) is 19.5 Å². The van der Waals surface area contributed by atoms with Crippen LogP contribution in [-0.2, 0) is 6.54 Å². The van der Waals surface area contributed by atoms with Crippen LogP contribution in [0.25, 0.3) is 0 Å². The molecule has 3 heterocycles. The Balaban J connectivity index is 1.05. The zero-order valence-electron chi connectivity index (χ0n) is 22.5. The number of amides is 1. The van der Waals surface area contributed by atoms with Gasteiger partial charge in [0.15, 0.2) is 5.78 Å². The molecule has 0 N–H and O–H groups in total. The third-order valence-electron chi connectivity index (χ3n) is 7.81. The topological polar surface area (TPSA) is 86.5 Å². The van der Waals surface area contributed by atoms with Crippen molar-refractivity contribution in [1.82, 2.24) is 14.8 Å². The van der Waals surface area contributed by atoms with Gasteiger partial charge in [-0.05, 0) is 85.9 Å². The molecule has 2 saturated heterocycles. The number of nitrogens with zero attached hydrogens (tertiary/aromatic N) is 4. The number of benzene rings is 2. The van der Waals surface area contributed by atoms with Crippen LogP contribution in [0.5, 0.6) is 5.75 Å². The van der Waals surface area contributed by atoms with Gasteiger partial charge in [0.1, 0.15) is 23.4 Å². The third-order valence-corrected chi connectivity index (χ3v) is 7.81. The largest absolute Gasteiger partial charge is 0.490 e. The number of piperidine rings is 2. The van der Waals surface area contributed by atoms with E-state index in [4.69, 9.17) is 10.00 Å². The predicted octanol–water partition coefficient (Wildman–Crippen LogP) is 5.26. The molecule has 0 bridgehead atoms. The number of rotatable bonds is 8. The second-order valence-electron chi connectivity index (χ2n) is 10.7. The minimum atomic E-state index is -0.299. The fraction of sp³-hybridized carbons (Fsp3) is 0.375. The van der Waals surface area contributed by atoms with E-state index in [-0.39, 0.29) is 23.6 Å². The lowest BCUT2D eigenvalue weighted by atomic mass is 9.90.